The van der Waals surface area contributed by atoms with Crippen LogP contribution in [0.1, 0.15) is 28.8 Å². The van der Waals surface area contributed by atoms with E-state index in [0.29, 0.717) is 31.6 Å². The van der Waals surface area contributed by atoms with E-state index in [-0.39, 0.29) is 22.2 Å². The Morgan fingerprint density at radius 2 is 2.04 bits per heavy atom. The summed E-state index contributed by atoms with van der Waals surface area (Å²) >= 11 is 6.19. The Kier molecular flexibility index (Phi) is 6.46. The lowest BCUT2D eigenvalue weighted by molar-refractivity contribution is 0.0954. The van der Waals surface area contributed by atoms with E-state index in [2.05, 4.69) is 5.32 Å². The van der Waals surface area contributed by atoms with Crippen LogP contribution < -0.4 is 14.4 Å². The summed E-state index contributed by atoms with van der Waals surface area (Å²) in [5.74, 6) is 0.559. The molecular weight excluding hydrogens is 400 g/mol. The predicted octanol–water partition coefficient (Wildman–Crippen LogP) is 3.25. The average molecular weight is 423 g/mol. The van der Waals surface area contributed by atoms with Crippen molar-refractivity contribution in [2.24, 2.45) is 0 Å². The number of hydrogen-bond acceptors (Lipinski definition) is 4. The summed E-state index contributed by atoms with van der Waals surface area (Å²) in [4.78, 5) is 12.6. The molecule has 0 bridgehead atoms. The molecule has 0 unspecified atom stereocenters. The number of amides is 1. The first kappa shape index (κ1) is 20.5. The fourth-order valence-electron chi connectivity index (χ4n) is 3.16. The van der Waals surface area contributed by atoms with Gasteiger partial charge < -0.3 is 10.1 Å². The molecule has 0 spiro atoms. The molecule has 2 aromatic rings. The number of sulfonamides is 1. The molecule has 0 saturated carbocycles. The number of carbonyl (C=O) groups excluding carboxylic acids is 1. The van der Waals surface area contributed by atoms with Crippen molar-refractivity contribution in [1.29, 1.82) is 0 Å². The number of nitrogens with zero attached hydrogens (tertiary/aromatic N) is 1. The predicted molar refractivity (Wildman–Crippen MR) is 111 cm³/mol. The number of nitrogens with one attached hydrogen (secondary N) is 1. The molecule has 6 nitrogen and oxygen atoms in total. The Morgan fingerprint density at radius 3 is 2.79 bits per heavy atom. The molecule has 0 aliphatic carbocycles. The topological polar surface area (TPSA) is 75.7 Å². The minimum Gasteiger partial charge on any atom is -0.497 e. The van der Waals surface area contributed by atoms with E-state index >= 15 is 0 Å². The summed E-state index contributed by atoms with van der Waals surface area (Å²) in [5, 5.41) is 3.13. The van der Waals surface area contributed by atoms with Crippen molar-refractivity contribution in [3.05, 3.63) is 58.6 Å². The van der Waals surface area contributed by atoms with E-state index in [1.807, 2.05) is 24.3 Å². The highest BCUT2D eigenvalue weighted by atomic mass is 35.5. The molecule has 8 heteroatoms. The van der Waals surface area contributed by atoms with Crippen LogP contribution in [0, 0.1) is 0 Å². The maximum Gasteiger partial charge on any atom is 0.252 e. The van der Waals surface area contributed by atoms with E-state index in [1.54, 1.807) is 25.3 Å². The van der Waals surface area contributed by atoms with Crippen LogP contribution in [0.5, 0.6) is 5.75 Å². The molecule has 1 aliphatic rings. The zero-order valence-electron chi connectivity index (χ0n) is 15.7. The van der Waals surface area contributed by atoms with Crippen molar-refractivity contribution in [1.82, 2.24) is 5.32 Å². The van der Waals surface area contributed by atoms with Crippen LogP contribution in [0.15, 0.2) is 42.5 Å². The van der Waals surface area contributed by atoms with Crippen LogP contribution >= 0.6 is 11.6 Å². The maximum atomic E-state index is 12.6. The van der Waals surface area contributed by atoms with Gasteiger partial charge in [-0.25, -0.2) is 8.42 Å². The van der Waals surface area contributed by atoms with E-state index < -0.39 is 10.0 Å². The summed E-state index contributed by atoms with van der Waals surface area (Å²) in [6.07, 6.45) is 2.09. The quantitative estimate of drug-likeness (QED) is 0.775. The number of carbonyl (C=O) groups is 1. The first-order chi connectivity index (χ1) is 13.4. The zero-order chi connectivity index (χ0) is 20.1. The molecule has 0 atom stereocenters. The van der Waals surface area contributed by atoms with Gasteiger partial charge in [0, 0.05) is 13.1 Å². The molecule has 1 saturated heterocycles. The van der Waals surface area contributed by atoms with Gasteiger partial charge in [-0.3, -0.25) is 9.10 Å². The van der Waals surface area contributed by atoms with E-state index in [4.69, 9.17) is 16.3 Å². The molecule has 1 aliphatic heterocycles. The lowest BCUT2D eigenvalue weighted by Gasteiger charge is -2.28. The standard InChI is InChI=1S/C20H23ClN2O4S/c1-27-17-6-4-5-15(13-17)9-10-22-20(24)18-14-16(7-8-19(18)21)23-11-2-3-12-28(23,25)26/h4-8,13-14H,2-3,9-12H2,1H3,(H,22,24). The van der Waals surface area contributed by atoms with Gasteiger partial charge in [0.2, 0.25) is 10.0 Å². The van der Waals surface area contributed by atoms with Gasteiger partial charge in [-0.05, 0) is 55.2 Å². The van der Waals surface area contributed by atoms with Gasteiger partial charge in [-0.15, -0.1) is 0 Å². The molecule has 1 fully saturated rings. The minimum absolute atomic E-state index is 0.123. The SMILES string of the molecule is COc1cccc(CCNC(=O)c2cc(N3CCCCS3(=O)=O)ccc2Cl)c1. The largest absolute Gasteiger partial charge is 0.497 e. The molecule has 1 heterocycles. The van der Waals surface area contributed by atoms with Crippen molar-refractivity contribution < 1.29 is 17.9 Å². The normalized spacial score (nSPS) is 15.9. The molecular formula is C20H23ClN2O4S. The van der Waals surface area contributed by atoms with Crippen LogP contribution in [0.25, 0.3) is 0 Å². The van der Waals surface area contributed by atoms with E-state index in [0.717, 1.165) is 17.7 Å². The Labute approximate surface area is 170 Å². The van der Waals surface area contributed by atoms with Gasteiger partial charge in [-0.1, -0.05) is 23.7 Å². The smallest absolute Gasteiger partial charge is 0.252 e. The lowest BCUT2D eigenvalue weighted by atomic mass is 10.1. The van der Waals surface area contributed by atoms with Gasteiger partial charge in [-0.2, -0.15) is 0 Å². The molecule has 3 rings (SSSR count). The second kappa shape index (κ2) is 8.84. The minimum atomic E-state index is -3.34. The number of methoxy groups -OCH3 is 1. The van der Waals surface area contributed by atoms with Crippen molar-refractivity contribution in [3.63, 3.8) is 0 Å². The summed E-state index contributed by atoms with van der Waals surface area (Å²) < 4.78 is 31.2. The first-order valence-corrected chi connectivity index (χ1v) is 11.1. The second-order valence-electron chi connectivity index (χ2n) is 6.62. The monoisotopic (exact) mass is 422 g/mol. The number of hydrogen-bond donors (Lipinski definition) is 1. The van der Waals surface area contributed by atoms with Gasteiger partial charge >= 0.3 is 0 Å². The van der Waals surface area contributed by atoms with Gasteiger partial charge in [0.15, 0.2) is 0 Å². The summed E-state index contributed by atoms with van der Waals surface area (Å²) in [6, 6.07) is 12.4. The third kappa shape index (κ3) is 4.77. The Bertz CT molecular complexity index is 962. The summed E-state index contributed by atoms with van der Waals surface area (Å²) in [5.41, 5.74) is 1.78. The number of halogens is 1. The fraction of sp³-hybridized carbons (Fsp3) is 0.350. The third-order valence-corrected chi connectivity index (χ3v) is 6.86. The lowest BCUT2D eigenvalue weighted by Crippen LogP contribution is -2.38. The molecule has 2 aromatic carbocycles. The van der Waals surface area contributed by atoms with E-state index in [1.165, 1.54) is 4.31 Å². The molecule has 1 N–H and O–H groups in total. The summed E-state index contributed by atoms with van der Waals surface area (Å²) in [7, 11) is -1.74. The number of rotatable bonds is 6. The number of benzene rings is 2. The van der Waals surface area contributed by atoms with Crippen LogP contribution in [0.4, 0.5) is 5.69 Å². The van der Waals surface area contributed by atoms with Crippen LogP contribution in [0.2, 0.25) is 5.02 Å². The van der Waals surface area contributed by atoms with Gasteiger partial charge in [0.25, 0.3) is 5.91 Å². The second-order valence-corrected chi connectivity index (χ2v) is 9.04. The molecule has 1 amide bonds. The Morgan fingerprint density at radius 1 is 1.21 bits per heavy atom. The molecule has 0 aromatic heterocycles. The highest BCUT2D eigenvalue weighted by Crippen LogP contribution is 2.28. The maximum absolute atomic E-state index is 12.6. The average Bonchev–Trinajstić information content (AvgIpc) is 2.68. The van der Waals surface area contributed by atoms with Crippen molar-refractivity contribution in [2.75, 3.05) is 30.3 Å². The molecule has 28 heavy (non-hydrogen) atoms. The molecule has 0 radical (unpaired) electrons. The molecule has 150 valence electrons. The van der Waals surface area contributed by atoms with Gasteiger partial charge in [0.1, 0.15) is 5.75 Å². The van der Waals surface area contributed by atoms with Crippen molar-refractivity contribution in [3.8, 4) is 5.75 Å². The Balaban J connectivity index is 1.69. The highest BCUT2D eigenvalue weighted by Gasteiger charge is 2.27. The highest BCUT2D eigenvalue weighted by molar-refractivity contribution is 7.92. The van der Waals surface area contributed by atoms with E-state index in [9.17, 15) is 13.2 Å². The third-order valence-electron chi connectivity index (χ3n) is 4.67. The van der Waals surface area contributed by atoms with Crippen LogP contribution in [0.3, 0.4) is 0 Å². The van der Waals surface area contributed by atoms with Crippen LogP contribution in [-0.2, 0) is 16.4 Å². The fourth-order valence-corrected chi connectivity index (χ4v) is 5.00. The first-order valence-electron chi connectivity index (χ1n) is 9.12. The van der Waals surface area contributed by atoms with Gasteiger partial charge in [0.05, 0.1) is 29.1 Å². The Hall–Kier alpha value is -2.25. The zero-order valence-corrected chi connectivity index (χ0v) is 17.2. The number of ether oxygens (including phenoxy) is 1. The number of anilines is 1. The van der Waals surface area contributed by atoms with Crippen molar-refractivity contribution in [2.45, 2.75) is 19.3 Å². The van der Waals surface area contributed by atoms with Crippen molar-refractivity contribution >= 4 is 33.2 Å². The summed E-state index contributed by atoms with van der Waals surface area (Å²) in [6.45, 7) is 0.843. The van der Waals surface area contributed by atoms with Crippen LogP contribution in [-0.4, -0.2) is 40.3 Å².